The van der Waals surface area contributed by atoms with Gasteiger partial charge in [-0.05, 0) is 25.3 Å². The van der Waals surface area contributed by atoms with Gasteiger partial charge in [0.1, 0.15) is 0 Å². The van der Waals surface area contributed by atoms with Crippen LogP contribution in [0.5, 0.6) is 0 Å². The molecule has 1 heteroatoms. The maximum absolute atomic E-state index is 3.51. The summed E-state index contributed by atoms with van der Waals surface area (Å²) in [5.41, 5.74) is 1.64. The molecule has 2 rings (SSSR count). The summed E-state index contributed by atoms with van der Waals surface area (Å²) >= 11 is 0. The van der Waals surface area contributed by atoms with E-state index in [9.17, 15) is 0 Å². The number of benzene rings is 1. The summed E-state index contributed by atoms with van der Waals surface area (Å²) in [4.78, 5) is 0. The van der Waals surface area contributed by atoms with Crippen LogP contribution in [0, 0.1) is 11.8 Å². The van der Waals surface area contributed by atoms with E-state index in [2.05, 4.69) is 47.5 Å². The Labute approximate surface area is 85.5 Å². The minimum atomic E-state index is 0.241. The average Bonchev–Trinajstić information content (AvgIpc) is 3.01. The van der Waals surface area contributed by atoms with Crippen molar-refractivity contribution in [1.29, 1.82) is 0 Å². The van der Waals surface area contributed by atoms with Gasteiger partial charge in [-0.15, -0.1) is 5.92 Å². The second-order valence-electron chi connectivity index (χ2n) is 3.73. The SMILES string of the molecule is CC#CCNC1(c2ccccc2)CC1. The highest BCUT2D eigenvalue weighted by Gasteiger charge is 2.43. The molecule has 0 unspecified atom stereocenters. The molecule has 0 amide bonds. The normalized spacial score (nSPS) is 16.9. The lowest BCUT2D eigenvalue weighted by Crippen LogP contribution is -2.29. The highest BCUT2D eigenvalue weighted by atomic mass is 15.0. The lowest BCUT2D eigenvalue weighted by atomic mass is 10.1. The zero-order valence-corrected chi connectivity index (χ0v) is 8.51. The van der Waals surface area contributed by atoms with Crippen molar-refractivity contribution in [3.05, 3.63) is 35.9 Å². The van der Waals surface area contributed by atoms with Gasteiger partial charge in [0.15, 0.2) is 0 Å². The smallest absolute Gasteiger partial charge is 0.0583 e. The van der Waals surface area contributed by atoms with Crippen LogP contribution in [0.15, 0.2) is 30.3 Å². The van der Waals surface area contributed by atoms with Crippen molar-refractivity contribution in [3.63, 3.8) is 0 Å². The fourth-order valence-electron chi connectivity index (χ4n) is 1.75. The Bertz CT molecular complexity index is 352. The van der Waals surface area contributed by atoms with E-state index >= 15 is 0 Å². The molecule has 0 aliphatic heterocycles. The third-order valence-corrected chi connectivity index (χ3v) is 2.77. The van der Waals surface area contributed by atoms with Gasteiger partial charge >= 0.3 is 0 Å². The van der Waals surface area contributed by atoms with Gasteiger partial charge in [0, 0.05) is 5.54 Å². The molecule has 0 saturated heterocycles. The molecule has 1 aromatic rings. The van der Waals surface area contributed by atoms with Gasteiger partial charge in [-0.25, -0.2) is 0 Å². The molecule has 0 aromatic heterocycles. The number of nitrogens with one attached hydrogen (secondary N) is 1. The summed E-state index contributed by atoms with van der Waals surface area (Å²) in [6.07, 6.45) is 2.48. The molecule has 72 valence electrons. The number of hydrogen-bond acceptors (Lipinski definition) is 1. The lowest BCUT2D eigenvalue weighted by Gasteiger charge is -2.15. The van der Waals surface area contributed by atoms with Gasteiger partial charge in [0.25, 0.3) is 0 Å². The van der Waals surface area contributed by atoms with Crippen molar-refractivity contribution in [1.82, 2.24) is 5.32 Å². The Hall–Kier alpha value is -1.26. The largest absolute Gasteiger partial charge is 0.297 e. The Kier molecular flexibility index (Phi) is 2.56. The van der Waals surface area contributed by atoms with Crippen molar-refractivity contribution in [2.45, 2.75) is 25.3 Å². The van der Waals surface area contributed by atoms with Gasteiger partial charge < -0.3 is 0 Å². The molecule has 0 heterocycles. The monoisotopic (exact) mass is 185 g/mol. The van der Waals surface area contributed by atoms with Crippen LogP contribution in [0.3, 0.4) is 0 Å². The van der Waals surface area contributed by atoms with E-state index in [4.69, 9.17) is 0 Å². The first kappa shape index (κ1) is 9.30. The molecule has 1 saturated carbocycles. The summed E-state index contributed by atoms with van der Waals surface area (Å²) in [6, 6.07) is 10.6. The predicted octanol–water partition coefficient (Wildman–Crippen LogP) is 2.29. The van der Waals surface area contributed by atoms with Crippen LogP contribution in [0.1, 0.15) is 25.3 Å². The summed E-state index contributed by atoms with van der Waals surface area (Å²) in [6.45, 7) is 2.68. The molecule has 0 atom stereocenters. The summed E-state index contributed by atoms with van der Waals surface area (Å²) < 4.78 is 0. The molecule has 1 aliphatic carbocycles. The van der Waals surface area contributed by atoms with E-state index in [1.54, 1.807) is 0 Å². The molecule has 1 aromatic carbocycles. The second kappa shape index (κ2) is 3.86. The molecule has 0 bridgehead atoms. The first-order valence-corrected chi connectivity index (χ1v) is 5.07. The van der Waals surface area contributed by atoms with E-state index in [-0.39, 0.29) is 5.54 Å². The maximum Gasteiger partial charge on any atom is 0.0583 e. The van der Waals surface area contributed by atoms with Crippen molar-refractivity contribution in [3.8, 4) is 11.8 Å². The fourth-order valence-corrected chi connectivity index (χ4v) is 1.75. The molecule has 1 aliphatic rings. The minimum absolute atomic E-state index is 0.241. The van der Waals surface area contributed by atoms with E-state index < -0.39 is 0 Å². The van der Waals surface area contributed by atoms with Crippen LogP contribution >= 0.6 is 0 Å². The average molecular weight is 185 g/mol. The molecule has 1 N–H and O–H groups in total. The van der Waals surface area contributed by atoms with E-state index in [1.807, 2.05) is 6.92 Å². The Morgan fingerprint density at radius 2 is 2.00 bits per heavy atom. The highest BCUT2D eigenvalue weighted by Crippen LogP contribution is 2.45. The van der Waals surface area contributed by atoms with Gasteiger partial charge in [-0.3, -0.25) is 5.32 Å². The van der Waals surface area contributed by atoms with E-state index in [1.165, 1.54) is 18.4 Å². The molecular weight excluding hydrogens is 170 g/mol. The van der Waals surface area contributed by atoms with Crippen LogP contribution in [0.2, 0.25) is 0 Å². The molecular formula is C13H15N. The van der Waals surface area contributed by atoms with Crippen molar-refractivity contribution < 1.29 is 0 Å². The maximum atomic E-state index is 3.51. The second-order valence-corrected chi connectivity index (χ2v) is 3.73. The zero-order valence-electron chi connectivity index (χ0n) is 8.51. The summed E-state index contributed by atoms with van der Waals surface area (Å²) in [5, 5.41) is 3.51. The highest BCUT2D eigenvalue weighted by molar-refractivity contribution is 5.30. The minimum Gasteiger partial charge on any atom is -0.297 e. The predicted molar refractivity (Wildman–Crippen MR) is 58.8 cm³/mol. The van der Waals surface area contributed by atoms with Gasteiger partial charge in [0.2, 0.25) is 0 Å². The van der Waals surface area contributed by atoms with Crippen LogP contribution in [0.25, 0.3) is 0 Å². The first-order chi connectivity index (χ1) is 6.87. The van der Waals surface area contributed by atoms with Gasteiger partial charge in [-0.1, -0.05) is 36.3 Å². The van der Waals surface area contributed by atoms with Crippen molar-refractivity contribution in [2.75, 3.05) is 6.54 Å². The topological polar surface area (TPSA) is 12.0 Å². The van der Waals surface area contributed by atoms with E-state index in [0.29, 0.717) is 0 Å². The van der Waals surface area contributed by atoms with Crippen LogP contribution in [0.4, 0.5) is 0 Å². The van der Waals surface area contributed by atoms with Crippen molar-refractivity contribution in [2.24, 2.45) is 0 Å². The molecule has 0 radical (unpaired) electrons. The molecule has 1 fully saturated rings. The quantitative estimate of drug-likeness (QED) is 0.712. The van der Waals surface area contributed by atoms with Crippen molar-refractivity contribution >= 4 is 0 Å². The van der Waals surface area contributed by atoms with Gasteiger partial charge in [0.05, 0.1) is 6.54 Å². The van der Waals surface area contributed by atoms with E-state index in [0.717, 1.165) is 6.54 Å². The Morgan fingerprint density at radius 3 is 2.57 bits per heavy atom. The first-order valence-electron chi connectivity index (χ1n) is 5.07. The zero-order chi connectivity index (χ0) is 9.86. The van der Waals surface area contributed by atoms with Gasteiger partial charge in [-0.2, -0.15) is 0 Å². The molecule has 1 nitrogen and oxygen atoms in total. The molecule has 14 heavy (non-hydrogen) atoms. The standard InChI is InChI=1S/C13H15N/c1-2-3-11-14-13(9-10-13)12-7-5-4-6-8-12/h4-8,14H,9-11H2,1H3. The summed E-state index contributed by atoms with van der Waals surface area (Å²) in [5.74, 6) is 5.96. The number of rotatable bonds is 3. The van der Waals surface area contributed by atoms with Crippen LogP contribution in [-0.2, 0) is 5.54 Å². The van der Waals surface area contributed by atoms with Crippen LogP contribution < -0.4 is 5.32 Å². The third-order valence-electron chi connectivity index (χ3n) is 2.77. The Balaban J connectivity index is 2.05. The fraction of sp³-hybridized carbons (Fsp3) is 0.385. The number of hydrogen-bond donors (Lipinski definition) is 1. The lowest BCUT2D eigenvalue weighted by molar-refractivity contribution is 0.560. The summed E-state index contributed by atoms with van der Waals surface area (Å²) in [7, 11) is 0. The Morgan fingerprint density at radius 1 is 1.29 bits per heavy atom. The molecule has 0 spiro atoms. The third kappa shape index (κ3) is 1.81. The van der Waals surface area contributed by atoms with Crippen LogP contribution in [-0.4, -0.2) is 6.54 Å².